The minimum atomic E-state index is -0.321. The van der Waals surface area contributed by atoms with E-state index in [1.54, 1.807) is 44.6 Å². The number of nitrogens with one attached hydrogen (secondary N) is 1. The minimum Gasteiger partial charge on any atom is -0.497 e. The van der Waals surface area contributed by atoms with Gasteiger partial charge in [0.15, 0.2) is 0 Å². The van der Waals surface area contributed by atoms with Gasteiger partial charge < -0.3 is 19.7 Å². The van der Waals surface area contributed by atoms with E-state index in [-0.39, 0.29) is 11.8 Å². The number of halogens is 1. The van der Waals surface area contributed by atoms with Crippen LogP contribution in [0.25, 0.3) is 0 Å². The minimum absolute atomic E-state index is 0.258. The van der Waals surface area contributed by atoms with Crippen LogP contribution in [-0.2, 0) is 13.1 Å². The molecular formula is C22H22FN3O3. The number of carbonyl (C=O) groups excluding carboxylic acids is 1. The number of hydrogen-bond acceptors (Lipinski definition) is 4. The molecule has 0 aliphatic heterocycles. The number of carbonyl (C=O) groups is 1. The van der Waals surface area contributed by atoms with E-state index in [1.807, 2.05) is 24.3 Å². The number of pyridine rings is 1. The van der Waals surface area contributed by atoms with E-state index >= 15 is 0 Å². The summed E-state index contributed by atoms with van der Waals surface area (Å²) < 4.78 is 24.1. The molecule has 2 amide bonds. The summed E-state index contributed by atoms with van der Waals surface area (Å²) in [7, 11) is 3.25. The molecule has 7 heteroatoms. The Morgan fingerprint density at radius 1 is 1.07 bits per heavy atom. The Balaban J connectivity index is 1.50. The molecule has 3 aromatic rings. The van der Waals surface area contributed by atoms with Gasteiger partial charge in [0.25, 0.3) is 0 Å². The summed E-state index contributed by atoms with van der Waals surface area (Å²) in [4.78, 5) is 18.0. The Kier molecular flexibility index (Phi) is 6.63. The maximum Gasteiger partial charge on any atom is 0.317 e. The van der Waals surface area contributed by atoms with Crippen molar-refractivity contribution >= 4 is 6.03 Å². The zero-order chi connectivity index (χ0) is 20.6. The molecular weight excluding hydrogens is 373 g/mol. The van der Waals surface area contributed by atoms with Crippen LogP contribution in [0.1, 0.15) is 11.1 Å². The molecule has 1 N–H and O–H groups in total. The first kappa shape index (κ1) is 20.1. The van der Waals surface area contributed by atoms with E-state index in [4.69, 9.17) is 9.47 Å². The molecule has 29 heavy (non-hydrogen) atoms. The standard InChI is InChI=1S/C22H22FN3O3/c1-26(15-16-5-3-6-18(23)11-16)22(27)25-14-17-9-10-21(24-13-17)29-20-8-4-7-19(12-20)28-2/h3-13H,14-15H2,1-2H3,(H,25,27). The third-order valence-electron chi connectivity index (χ3n) is 4.16. The maximum absolute atomic E-state index is 13.3. The molecule has 2 aromatic carbocycles. The molecule has 6 nitrogen and oxygen atoms in total. The van der Waals surface area contributed by atoms with Crippen molar-refractivity contribution in [1.82, 2.24) is 15.2 Å². The van der Waals surface area contributed by atoms with Crippen LogP contribution in [0, 0.1) is 5.82 Å². The number of aromatic nitrogens is 1. The molecule has 0 unspecified atom stereocenters. The molecule has 1 heterocycles. The number of rotatable bonds is 7. The zero-order valence-electron chi connectivity index (χ0n) is 16.3. The number of urea groups is 1. The van der Waals surface area contributed by atoms with Crippen LogP contribution in [0.15, 0.2) is 66.9 Å². The van der Waals surface area contributed by atoms with Gasteiger partial charge in [-0.25, -0.2) is 14.2 Å². The summed E-state index contributed by atoms with van der Waals surface area (Å²) in [5.41, 5.74) is 1.55. The monoisotopic (exact) mass is 395 g/mol. The molecule has 0 fully saturated rings. The fourth-order valence-electron chi connectivity index (χ4n) is 2.65. The lowest BCUT2D eigenvalue weighted by Crippen LogP contribution is -2.36. The van der Waals surface area contributed by atoms with Gasteiger partial charge >= 0.3 is 6.03 Å². The van der Waals surface area contributed by atoms with Crippen molar-refractivity contribution in [2.45, 2.75) is 13.1 Å². The topological polar surface area (TPSA) is 63.7 Å². The summed E-state index contributed by atoms with van der Waals surface area (Å²) in [6.45, 7) is 0.633. The molecule has 150 valence electrons. The lowest BCUT2D eigenvalue weighted by molar-refractivity contribution is 0.206. The van der Waals surface area contributed by atoms with Gasteiger partial charge in [0, 0.05) is 38.5 Å². The van der Waals surface area contributed by atoms with Crippen LogP contribution in [0.5, 0.6) is 17.4 Å². The highest BCUT2D eigenvalue weighted by Crippen LogP contribution is 2.23. The lowest BCUT2D eigenvalue weighted by atomic mass is 10.2. The van der Waals surface area contributed by atoms with Crippen LogP contribution in [0.2, 0.25) is 0 Å². The van der Waals surface area contributed by atoms with Crippen molar-refractivity contribution in [2.75, 3.05) is 14.2 Å². The molecule has 1 aromatic heterocycles. The highest BCUT2D eigenvalue weighted by molar-refractivity contribution is 5.73. The average molecular weight is 395 g/mol. The highest BCUT2D eigenvalue weighted by Gasteiger charge is 2.09. The van der Waals surface area contributed by atoms with Gasteiger partial charge in [-0.3, -0.25) is 0 Å². The average Bonchev–Trinajstić information content (AvgIpc) is 2.73. The summed E-state index contributed by atoms with van der Waals surface area (Å²) >= 11 is 0. The predicted molar refractivity (Wildman–Crippen MR) is 107 cm³/mol. The Morgan fingerprint density at radius 2 is 1.86 bits per heavy atom. The number of benzene rings is 2. The van der Waals surface area contributed by atoms with E-state index in [0.717, 1.165) is 11.1 Å². The molecule has 3 rings (SSSR count). The van der Waals surface area contributed by atoms with E-state index in [2.05, 4.69) is 10.3 Å². The number of methoxy groups -OCH3 is 1. The second kappa shape index (κ2) is 9.54. The Hall–Kier alpha value is -3.61. The summed E-state index contributed by atoms with van der Waals surface area (Å²) in [6, 6.07) is 16.7. The van der Waals surface area contributed by atoms with Gasteiger partial charge in [0.05, 0.1) is 7.11 Å². The summed E-state index contributed by atoms with van der Waals surface area (Å²) in [6.07, 6.45) is 1.64. The normalized spacial score (nSPS) is 10.3. The van der Waals surface area contributed by atoms with Gasteiger partial charge in [0.1, 0.15) is 17.3 Å². The Morgan fingerprint density at radius 3 is 2.59 bits per heavy atom. The van der Waals surface area contributed by atoms with E-state index < -0.39 is 0 Å². The molecule has 0 atom stereocenters. The lowest BCUT2D eigenvalue weighted by Gasteiger charge is -2.18. The molecule has 0 bridgehead atoms. The van der Waals surface area contributed by atoms with Gasteiger partial charge in [-0.15, -0.1) is 0 Å². The predicted octanol–water partition coefficient (Wildman–Crippen LogP) is 4.36. The fourth-order valence-corrected chi connectivity index (χ4v) is 2.65. The van der Waals surface area contributed by atoms with Gasteiger partial charge in [0.2, 0.25) is 5.88 Å². The first-order chi connectivity index (χ1) is 14.0. The van der Waals surface area contributed by atoms with Crippen molar-refractivity contribution in [1.29, 1.82) is 0 Å². The van der Waals surface area contributed by atoms with Crippen molar-refractivity contribution in [3.63, 3.8) is 0 Å². The fraction of sp³-hybridized carbons (Fsp3) is 0.182. The van der Waals surface area contributed by atoms with Crippen LogP contribution in [0.4, 0.5) is 9.18 Å². The number of nitrogens with zero attached hydrogens (tertiary/aromatic N) is 2. The maximum atomic E-state index is 13.3. The Bertz CT molecular complexity index is 964. The SMILES string of the molecule is COc1cccc(Oc2ccc(CNC(=O)N(C)Cc3cccc(F)c3)cn2)c1. The summed E-state index contributed by atoms with van der Waals surface area (Å²) in [5.74, 6) is 1.44. The van der Waals surface area contributed by atoms with E-state index in [9.17, 15) is 9.18 Å². The van der Waals surface area contributed by atoms with Gasteiger partial charge in [-0.2, -0.15) is 0 Å². The van der Waals surface area contributed by atoms with Crippen molar-refractivity contribution < 1.29 is 18.7 Å². The Labute approximate surface area is 168 Å². The third kappa shape index (κ3) is 5.93. The van der Waals surface area contributed by atoms with Crippen LogP contribution in [0.3, 0.4) is 0 Å². The van der Waals surface area contributed by atoms with E-state index in [0.29, 0.717) is 30.5 Å². The van der Waals surface area contributed by atoms with Crippen LogP contribution in [-0.4, -0.2) is 30.1 Å². The van der Waals surface area contributed by atoms with Gasteiger partial charge in [-0.05, 0) is 35.4 Å². The number of amides is 2. The van der Waals surface area contributed by atoms with E-state index in [1.165, 1.54) is 17.0 Å². The highest BCUT2D eigenvalue weighted by atomic mass is 19.1. The zero-order valence-corrected chi connectivity index (χ0v) is 16.3. The first-order valence-corrected chi connectivity index (χ1v) is 9.04. The molecule has 0 radical (unpaired) electrons. The number of ether oxygens (including phenoxy) is 2. The van der Waals surface area contributed by atoms with Crippen molar-refractivity contribution in [3.8, 4) is 17.4 Å². The third-order valence-corrected chi connectivity index (χ3v) is 4.16. The van der Waals surface area contributed by atoms with Crippen LogP contribution < -0.4 is 14.8 Å². The number of hydrogen-bond donors (Lipinski definition) is 1. The van der Waals surface area contributed by atoms with Crippen LogP contribution >= 0.6 is 0 Å². The second-order valence-corrected chi connectivity index (χ2v) is 6.43. The molecule has 0 saturated heterocycles. The molecule has 0 aliphatic carbocycles. The van der Waals surface area contributed by atoms with Crippen molar-refractivity contribution in [3.05, 3.63) is 83.8 Å². The summed E-state index contributed by atoms with van der Waals surface area (Å²) in [5, 5.41) is 2.81. The van der Waals surface area contributed by atoms with Gasteiger partial charge in [-0.1, -0.05) is 24.3 Å². The smallest absolute Gasteiger partial charge is 0.317 e. The molecule has 0 saturated carbocycles. The first-order valence-electron chi connectivity index (χ1n) is 9.04. The van der Waals surface area contributed by atoms with Crippen molar-refractivity contribution in [2.24, 2.45) is 0 Å². The molecule has 0 spiro atoms. The largest absolute Gasteiger partial charge is 0.497 e. The molecule has 0 aliphatic rings. The second-order valence-electron chi connectivity index (χ2n) is 6.43. The quantitative estimate of drug-likeness (QED) is 0.646.